The molecule has 20 heavy (non-hydrogen) atoms. The lowest BCUT2D eigenvalue weighted by molar-refractivity contribution is 0.320. The minimum absolute atomic E-state index is 0.168. The van der Waals surface area contributed by atoms with Crippen LogP contribution in [0.15, 0.2) is 57.2 Å². The molecule has 0 saturated carbocycles. The fourth-order valence-electron chi connectivity index (χ4n) is 1.81. The van der Waals surface area contributed by atoms with Gasteiger partial charge in [-0.25, -0.2) is 0 Å². The topological polar surface area (TPSA) is 56.4 Å². The first kappa shape index (κ1) is 14.4. The Bertz CT molecular complexity index is 704. The molecule has 1 aliphatic rings. The normalized spacial score (nSPS) is 19.2. The number of benzene rings is 1. The molecular weight excluding hydrogens is 295 g/mol. The average Bonchev–Trinajstić information content (AvgIpc) is 2.45. The number of nitriles is 1. The molecule has 2 rings (SSSR count). The van der Waals surface area contributed by atoms with Gasteiger partial charge in [-0.05, 0) is 24.6 Å². The highest BCUT2D eigenvalue weighted by molar-refractivity contribution is 6.48. The molecule has 1 N–H and O–H groups in total. The van der Waals surface area contributed by atoms with Crippen molar-refractivity contribution >= 4 is 34.5 Å². The lowest BCUT2D eigenvalue weighted by Crippen LogP contribution is -2.03. The van der Waals surface area contributed by atoms with E-state index in [4.69, 9.17) is 28.4 Å². The van der Waals surface area contributed by atoms with Crippen LogP contribution in [0.2, 0.25) is 0 Å². The summed E-state index contributed by atoms with van der Waals surface area (Å²) in [6.45, 7) is 1.97. The van der Waals surface area contributed by atoms with Crippen molar-refractivity contribution < 1.29 is 5.21 Å². The second-order valence-electron chi connectivity index (χ2n) is 4.24. The largest absolute Gasteiger partial charge is 0.410 e. The van der Waals surface area contributed by atoms with Crippen molar-refractivity contribution in [1.29, 1.82) is 5.26 Å². The Balaban J connectivity index is 2.61. The van der Waals surface area contributed by atoms with Crippen LogP contribution in [0.25, 0.3) is 5.57 Å². The van der Waals surface area contributed by atoms with Crippen LogP contribution >= 0.6 is 23.2 Å². The van der Waals surface area contributed by atoms with Crippen LogP contribution in [0.4, 0.5) is 0 Å². The van der Waals surface area contributed by atoms with Crippen molar-refractivity contribution in [2.75, 3.05) is 0 Å². The third kappa shape index (κ3) is 2.77. The highest BCUT2D eigenvalue weighted by Crippen LogP contribution is 2.32. The molecule has 0 saturated heterocycles. The molecule has 0 bridgehead atoms. The summed E-state index contributed by atoms with van der Waals surface area (Å²) in [7, 11) is 0. The van der Waals surface area contributed by atoms with E-state index in [0.29, 0.717) is 16.2 Å². The Kier molecular flexibility index (Phi) is 4.29. The predicted octanol–water partition coefficient (Wildman–Crippen LogP) is 4.36. The molecule has 5 heteroatoms. The lowest BCUT2D eigenvalue weighted by atomic mass is 9.96. The molecule has 1 aromatic rings. The zero-order valence-electron chi connectivity index (χ0n) is 10.6. The van der Waals surface area contributed by atoms with E-state index < -0.39 is 0 Å². The number of hydrogen-bond acceptors (Lipinski definition) is 3. The van der Waals surface area contributed by atoms with Crippen LogP contribution < -0.4 is 0 Å². The van der Waals surface area contributed by atoms with Crippen LogP contribution in [-0.4, -0.2) is 10.9 Å². The molecule has 0 heterocycles. The highest BCUT2D eigenvalue weighted by Gasteiger charge is 2.18. The highest BCUT2D eigenvalue weighted by atomic mass is 35.5. The molecule has 0 radical (unpaired) electrons. The van der Waals surface area contributed by atoms with Gasteiger partial charge in [-0.2, -0.15) is 5.26 Å². The van der Waals surface area contributed by atoms with Gasteiger partial charge in [0, 0.05) is 5.57 Å². The van der Waals surface area contributed by atoms with E-state index in [0.717, 1.165) is 11.1 Å². The molecule has 0 unspecified atom stereocenters. The summed E-state index contributed by atoms with van der Waals surface area (Å²) in [5.41, 5.74) is 2.95. The molecule has 1 aromatic carbocycles. The van der Waals surface area contributed by atoms with Crippen LogP contribution in [-0.2, 0) is 0 Å². The third-order valence-corrected chi connectivity index (χ3v) is 3.48. The molecule has 0 fully saturated rings. The van der Waals surface area contributed by atoms with Crippen molar-refractivity contribution in [3.05, 3.63) is 63.2 Å². The Hall–Kier alpha value is -2.02. The van der Waals surface area contributed by atoms with Gasteiger partial charge in [0.1, 0.15) is 11.8 Å². The van der Waals surface area contributed by atoms with Crippen LogP contribution in [0, 0.1) is 18.3 Å². The van der Waals surface area contributed by atoms with Gasteiger partial charge in [-0.15, -0.1) is 0 Å². The summed E-state index contributed by atoms with van der Waals surface area (Å²) >= 11 is 12.1. The minimum atomic E-state index is 0.168. The number of oxime groups is 1. The predicted molar refractivity (Wildman–Crippen MR) is 80.8 cm³/mol. The number of halogens is 2. The van der Waals surface area contributed by atoms with Gasteiger partial charge in [-0.1, -0.05) is 58.2 Å². The summed E-state index contributed by atoms with van der Waals surface area (Å²) < 4.78 is 0. The van der Waals surface area contributed by atoms with Gasteiger partial charge in [0.2, 0.25) is 0 Å². The number of aryl methyl sites for hydroxylation is 1. The minimum Gasteiger partial charge on any atom is -0.410 e. The Morgan fingerprint density at radius 3 is 2.35 bits per heavy atom. The Morgan fingerprint density at radius 2 is 1.80 bits per heavy atom. The molecule has 0 amide bonds. The van der Waals surface area contributed by atoms with Crippen molar-refractivity contribution in [2.24, 2.45) is 5.16 Å². The van der Waals surface area contributed by atoms with Crippen molar-refractivity contribution in [1.82, 2.24) is 0 Å². The maximum Gasteiger partial charge on any atom is 0.122 e. The fourth-order valence-corrected chi connectivity index (χ4v) is 2.26. The number of allylic oxidation sites excluding steroid dienone is 6. The standard InChI is InChI=1S/C15H10Cl2N2O/c1-9-2-4-10(5-3-9)12(8-18)11-6-14(17)15(19-20)7-13(11)16/h2-7,20H,1H3/b12-11-,19-15-. The first-order valence-electron chi connectivity index (χ1n) is 5.75. The van der Waals surface area contributed by atoms with Crippen molar-refractivity contribution in [3.8, 4) is 6.07 Å². The second-order valence-corrected chi connectivity index (χ2v) is 5.05. The smallest absolute Gasteiger partial charge is 0.122 e. The monoisotopic (exact) mass is 304 g/mol. The first-order valence-corrected chi connectivity index (χ1v) is 6.51. The molecule has 100 valence electrons. The Labute approximate surface area is 126 Å². The SMILES string of the molecule is Cc1ccc(/C(C#N)=C2C=C(Cl)/C(=N\O)C=C/2Cl)cc1. The van der Waals surface area contributed by atoms with Gasteiger partial charge in [0.15, 0.2) is 0 Å². The van der Waals surface area contributed by atoms with Crippen LogP contribution in [0.1, 0.15) is 11.1 Å². The third-order valence-electron chi connectivity index (χ3n) is 2.87. The lowest BCUT2D eigenvalue weighted by Gasteiger charge is -2.12. The summed E-state index contributed by atoms with van der Waals surface area (Å²) in [6.07, 6.45) is 2.95. The maximum absolute atomic E-state index is 9.38. The van der Waals surface area contributed by atoms with Crippen LogP contribution in [0.3, 0.4) is 0 Å². The summed E-state index contributed by atoms with van der Waals surface area (Å²) in [5.74, 6) is 0. The second kappa shape index (κ2) is 5.96. The Morgan fingerprint density at radius 1 is 1.15 bits per heavy atom. The van der Waals surface area contributed by atoms with Gasteiger partial charge in [0.25, 0.3) is 0 Å². The van der Waals surface area contributed by atoms with E-state index in [9.17, 15) is 5.26 Å². The van der Waals surface area contributed by atoms with Crippen molar-refractivity contribution in [2.45, 2.75) is 6.92 Å². The van der Waals surface area contributed by atoms with Gasteiger partial charge >= 0.3 is 0 Å². The van der Waals surface area contributed by atoms with Gasteiger partial charge in [0.05, 0.1) is 15.6 Å². The quantitative estimate of drug-likeness (QED) is 0.476. The van der Waals surface area contributed by atoms with Gasteiger partial charge in [-0.3, -0.25) is 0 Å². The molecule has 0 atom stereocenters. The zero-order chi connectivity index (χ0) is 14.7. The van der Waals surface area contributed by atoms with E-state index in [1.165, 1.54) is 12.2 Å². The van der Waals surface area contributed by atoms with E-state index in [1.54, 1.807) is 0 Å². The van der Waals surface area contributed by atoms with Gasteiger partial charge < -0.3 is 5.21 Å². The van der Waals surface area contributed by atoms with E-state index in [1.807, 2.05) is 31.2 Å². The van der Waals surface area contributed by atoms with Crippen molar-refractivity contribution in [3.63, 3.8) is 0 Å². The molecular formula is C15H10Cl2N2O. The fraction of sp³-hybridized carbons (Fsp3) is 0.0667. The van der Waals surface area contributed by atoms with Crippen LogP contribution in [0.5, 0.6) is 0 Å². The first-order chi connectivity index (χ1) is 9.56. The van der Waals surface area contributed by atoms with E-state index in [2.05, 4.69) is 11.2 Å². The number of hydrogen-bond donors (Lipinski definition) is 1. The molecule has 0 aromatic heterocycles. The average molecular weight is 305 g/mol. The zero-order valence-corrected chi connectivity index (χ0v) is 12.1. The molecule has 0 aliphatic heterocycles. The molecule has 0 spiro atoms. The maximum atomic E-state index is 9.38. The summed E-state index contributed by atoms with van der Waals surface area (Å²) in [4.78, 5) is 0. The van der Waals surface area contributed by atoms with E-state index in [-0.39, 0.29) is 10.7 Å². The number of nitrogens with zero attached hydrogens (tertiary/aromatic N) is 2. The summed E-state index contributed by atoms with van der Waals surface area (Å²) in [6, 6.07) is 9.67. The van der Waals surface area contributed by atoms with E-state index >= 15 is 0 Å². The number of rotatable bonds is 1. The molecule has 1 aliphatic carbocycles. The molecule has 3 nitrogen and oxygen atoms in total. The summed E-state index contributed by atoms with van der Waals surface area (Å²) in [5, 5.41) is 21.7.